The Morgan fingerprint density at radius 1 is 0.400 bits per heavy atom. The minimum absolute atomic E-state index is 0.0121. The molecule has 2 nitrogen and oxygen atoms in total. The Kier molecular flexibility index (Phi) is 7.80. The Bertz CT molecular complexity index is 2080. The highest BCUT2D eigenvalue weighted by atomic mass is 15.2. The van der Waals surface area contributed by atoms with Crippen LogP contribution in [0.4, 0.5) is 34.1 Å². The van der Waals surface area contributed by atoms with Gasteiger partial charge in [0.25, 0.3) is 6.71 Å². The summed E-state index contributed by atoms with van der Waals surface area (Å²) in [6, 6.07) is 37.9. The van der Waals surface area contributed by atoms with Gasteiger partial charge in [-0.15, -0.1) is 0 Å². The fraction of sp³-hybridized carbons (Fsp3) is 0.362. The first-order chi connectivity index (χ1) is 23.2. The molecule has 0 N–H and O–H groups in total. The molecule has 0 amide bonds. The van der Waals surface area contributed by atoms with Crippen LogP contribution in [-0.2, 0) is 21.7 Å². The maximum atomic E-state index is 2.57. The molecule has 3 heteroatoms. The molecule has 2 heterocycles. The molecule has 0 fully saturated rings. The van der Waals surface area contributed by atoms with Gasteiger partial charge in [0.15, 0.2) is 0 Å². The molecule has 0 saturated heterocycles. The van der Waals surface area contributed by atoms with E-state index in [4.69, 9.17) is 0 Å². The first kappa shape index (κ1) is 34.2. The van der Waals surface area contributed by atoms with Gasteiger partial charge in [-0.2, -0.15) is 0 Å². The second kappa shape index (κ2) is 11.4. The first-order valence-corrected chi connectivity index (χ1v) is 18.5. The van der Waals surface area contributed by atoms with Crippen molar-refractivity contribution in [3.63, 3.8) is 0 Å². The van der Waals surface area contributed by atoms with Crippen molar-refractivity contribution in [2.24, 2.45) is 0 Å². The van der Waals surface area contributed by atoms with Crippen LogP contribution in [0.25, 0.3) is 0 Å². The molecule has 5 aromatic carbocycles. The van der Waals surface area contributed by atoms with Crippen molar-refractivity contribution in [1.29, 1.82) is 0 Å². The van der Waals surface area contributed by atoms with Gasteiger partial charge in [-0.1, -0.05) is 132 Å². The van der Waals surface area contributed by atoms with Crippen molar-refractivity contribution >= 4 is 57.2 Å². The standard InChI is InChI=1S/C47H55BN2/c1-30-24-41-43-42(25-30)50(36-27-33(46(8,9)10)26-34(28-36)47(11,12)13)39-17-15-14-16-37(39)48(43)38-29-32(45(5,6)7)20-23-40(38)49(41)35-21-18-31(19-22-35)44(2,3)4/h14-29H,1-13H3. The number of rotatable bonds is 2. The predicted molar refractivity (Wildman–Crippen MR) is 220 cm³/mol. The second-order valence-electron chi connectivity index (χ2n) is 19.0. The van der Waals surface area contributed by atoms with Crippen LogP contribution in [0, 0.1) is 6.92 Å². The van der Waals surface area contributed by atoms with E-state index < -0.39 is 0 Å². The molecular weight excluding hydrogens is 603 g/mol. The quantitative estimate of drug-likeness (QED) is 0.171. The van der Waals surface area contributed by atoms with Crippen LogP contribution in [0.15, 0.2) is 97.1 Å². The molecule has 0 saturated carbocycles. The molecule has 7 rings (SSSR count). The number of nitrogens with zero attached hydrogens (tertiary/aromatic N) is 2. The van der Waals surface area contributed by atoms with Gasteiger partial charge < -0.3 is 9.80 Å². The summed E-state index contributed by atoms with van der Waals surface area (Å²) in [5.41, 5.74) is 18.5. The number of hydrogen-bond donors (Lipinski definition) is 0. The lowest BCUT2D eigenvalue weighted by Crippen LogP contribution is -2.61. The van der Waals surface area contributed by atoms with E-state index >= 15 is 0 Å². The number of aryl methyl sites for hydroxylation is 1. The minimum Gasteiger partial charge on any atom is -0.311 e. The van der Waals surface area contributed by atoms with E-state index in [-0.39, 0.29) is 28.4 Å². The van der Waals surface area contributed by atoms with E-state index in [9.17, 15) is 0 Å². The van der Waals surface area contributed by atoms with Crippen LogP contribution < -0.4 is 26.2 Å². The Morgan fingerprint density at radius 3 is 1.42 bits per heavy atom. The number of para-hydroxylation sites is 1. The zero-order chi connectivity index (χ0) is 36.1. The summed E-state index contributed by atoms with van der Waals surface area (Å²) in [4.78, 5) is 5.11. The number of anilines is 6. The summed E-state index contributed by atoms with van der Waals surface area (Å²) in [6.07, 6.45) is 0. The average molecular weight is 659 g/mol. The smallest absolute Gasteiger partial charge is 0.252 e. The highest BCUT2D eigenvalue weighted by molar-refractivity contribution is 7.00. The monoisotopic (exact) mass is 658 g/mol. The van der Waals surface area contributed by atoms with Crippen molar-refractivity contribution in [2.45, 2.75) is 112 Å². The van der Waals surface area contributed by atoms with Crippen LogP contribution in [0.2, 0.25) is 0 Å². The van der Waals surface area contributed by atoms with Gasteiger partial charge in [0.2, 0.25) is 0 Å². The molecule has 5 aromatic rings. The van der Waals surface area contributed by atoms with Gasteiger partial charge in [-0.05, 0) is 121 Å². The zero-order valence-corrected chi connectivity index (χ0v) is 32.7. The first-order valence-electron chi connectivity index (χ1n) is 18.5. The number of benzene rings is 5. The van der Waals surface area contributed by atoms with Gasteiger partial charge >= 0.3 is 0 Å². The fourth-order valence-corrected chi connectivity index (χ4v) is 7.83. The van der Waals surface area contributed by atoms with Crippen molar-refractivity contribution < 1.29 is 0 Å². The predicted octanol–water partition coefficient (Wildman–Crippen LogP) is 11.3. The van der Waals surface area contributed by atoms with Gasteiger partial charge in [0.1, 0.15) is 0 Å². The average Bonchev–Trinajstić information content (AvgIpc) is 3.02. The van der Waals surface area contributed by atoms with Gasteiger partial charge in [0, 0.05) is 34.1 Å². The normalized spacial score (nSPS) is 14.4. The highest BCUT2D eigenvalue weighted by Gasteiger charge is 2.44. The third-order valence-corrected chi connectivity index (χ3v) is 10.9. The molecule has 0 unspecified atom stereocenters. The molecule has 50 heavy (non-hydrogen) atoms. The topological polar surface area (TPSA) is 6.48 Å². The second-order valence-corrected chi connectivity index (χ2v) is 19.0. The van der Waals surface area contributed by atoms with E-state index in [1.54, 1.807) is 0 Å². The van der Waals surface area contributed by atoms with Gasteiger partial charge in [-0.3, -0.25) is 0 Å². The highest BCUT2D eigenvalue weighted by Crippen LogP contribution is 2.46. The molecule has 0 aromatic heterocycles. The molecule has 0 atom stereocenters. The van der Waals surface area contributed by atoms with Crippen LogP contribution in [0.1, 0.15) is 111 Å². The number of hydrogen-bond acceptors (Lipinski definition) is 2. The van der Waals surface area contributed by atoms with E-state index in [1.807, 2.05) is 0 Å². The van der Waals surface area contributed by atoms with Crippen LogP contribution in [-0.4, -0.2) is 6.71 Å². The summed E-state index contributed by atoms with van der Waals surface area (Å²) in [7, 11) is 0. The Balaban J connectivity index is 1.57. The summed E-state index contributed by atoms with van der Waals surface area (Å²) in [5.74, 6) is 0. The molecular formula is C47H55BN2. The van der Waals surface area contributed by atoms with Crippen molar-refractivity contribution in [3.8, 4) is 0 Å². The maximum Gasteiger partial charge on any atom is 0.252 e. The van der Waals surface area contributed by atoms with Crippen molar-refractivity contribution in [2.75, 3.05) is 9.80 Å². The van der Waals surface area contributed by atoms with Gasteiger partial charge in [0.05, 0.1) is 0 Å². The SMILES string of the molecule is Cc1cc2c3c(c1)N(c1ccc(C(C)(C)C)cc1)c1ccc(C(C)(C)C)cc1B3c1ccccc1N2c1cc(C(C)(C)C)cc(C(C)(C)C)c1. The molecule has 0 radical (unpaired) electrons. The third kappa shape index (κ3) is 5.77. The lowest BCUT2D eigenvalue weighted by Gasteiger charge is -2.45. The van der Waals surface area contributed by atoms with Crippen LogP contribution >= 0.6 is 0 Å². The van der Waals surface area contributed by atoms with Crippen LogP contribution in [0.3, 0.4) is 0 Å². The molecule has 0 bridgehead atoms. The van der Waals surface area contributed by atoms with E-state index in [0.29, 0.717) is 0 Å². The molecule has 2 aliphatic heterocycles. The zero-order valence-electron chi connectivity index (χ0n) is 32.7. The molecule has 2 aliphatic rings. The van der Waals surface area contributed by atoms with E-state index in [0.717, 1.165) is 0 Å². The largest absolute Gasteiger partial charge is 0.311 e. The summed E-state index contributed by atoms with van der Waals surface area (Å²) in [6.45, 7) is 30.2. The van der Waals surface area contributed by atoms with E-state index in [2.05, 4.69) is 197 Å². The summed E-state index contributed by atoms with van der Waals surface area (Å²) >= 11 is 0. The number of fused-ring (bicyclic) bond motifs is 4. The lowest BCUT2D eigenvalue weighted by atomic mass is 9.33. The fourth-order valence-electron chi connectivity index (χ4n) is 7.83. The summed E-state index contributed by atoms with van der Waals surface area (Å²) in [5, 5.41) is 0. The Hall–Kier alpha value is -4.24. The molecule has 0 aliphatic carbocycles. The molecule has 256 valence electrons. The maximum absolute atomic E-state index is 2.57. The Labute approximate surface area is 302 Å². The van der Waals surface area contributed by atoms with Crippen LogP contribution in [0.5, 0.6) is 0 Å². The third-order valence-electron chi connectivity index (χ3n) is 10.9. The van der Waals surface area contributed by atoms with E-state index in [1.165, 1.54) is 78.3 Å². The van der Waals surface area contributed by atoms with Crippen molar-refractivity contribution in [3.05, 3.63) is 125 Å². The minimum atomic E-state index is 0.0121. The lowest BCUT2D eigenvalue weighted by molar-refractivity contribution is 0.569. The molecule has 0 spiro atoms. The van der Waals surface area contributed by atoms with Crippen molar-refractivity contribution in [1.82, 2.24) is 0 Å². The van der Waals surface area contributed by atoms with Gasteiger partial charge in [-0.25, -0.2) is 0 Å². The summed E-state index contributed by atoms with van der Waals surface area (Å²) < 4.78 is 0. The Morgan fingerprint density at radius 2 is 0.880 bits per heavy atom.